The highest BCUT2D eigenvalue weighted by atomic mass is 16.6. The van der Waals surface area contributed by atoms with Crippen LogP contribution in [0.1, 0.15) is 40.9 Å². The van der Waals surface area contributed by atoms with E-state index in [9.17, 15) is 19.7 Å². The minimum absolute atomic E-state index is 0.0570. The van der Waals surface area contributed by atoms with E-state index in [0.29, 0.717) is 0 Å². The average molecular weight is 356 g/mol. The van der Waals surface area contributed by atoms with E-state index in [1.807, 2.05) is 19.1 Å². The first-order valence-electron chi connectivity index (χ1n) is 8.18. The van der Waals surface area contributed by atoms with E-state index < -0.39 is 22.8 Å². The monoisotopic (exact) mass is 356 g/mol. The van der Waals surface area contributed by atoms with Gasteiger partial charge in [-0.1, -0.05) is 42.0 Å². The molecule has 26 heavy (non-hydrogen) atoms. The first-order chi connectivity index (χ1) is 12.4. The summed E-state index contributed by atoms with van der Waals surface area (Å²) in [6.45, 7) is 3.86. The molecule has 0 aliphatic rings. The third-order valence-electron chi connectivity index (χ3n) is 3.81. The number of rotatable bonds is 7. The van der Waals surface area contributed by atoms with E-state index in [2.05, 4.69) is 5.32 Å². The molecule has 7 nitrogen and oxygen atoms in total. The second-order valence-electron chi connectivity index (χ2n) is 5.72. The van der Waals surface area contributed by atoms with E-state index in [-0.39, 0.29) is 24.3 Å². The van der Waals surface area contributed by atoms with E-state index in [0.717, 1.165) is 11.1 Å². The number of para-hydroxylation sites is 1. The van der Waals surface area contributed by atoms with Crippen molar-refractivity contribution in [3.8, 4) is 0 Å². The van der Waals surface area contributed by atoms with E-state index in [1.54, 1.807) is 25.1 Å². The summed E-state index contributed by atoms with van der Waals surface area (Å²) in [5.41, 5.74) is 1.41. The quantitative estimate of drug-likeness (QED) is 0.466. The van der Waals surface area contributed by atoms with Crippen molar-refractivity contribution >= 4 is 17.6 Å². The number of hydrogen-bond acceptors (Lipinski definition) is 5. The van der Waals surface area contributed by atoms with Crippen LogP contribution in [0.3, 0.4) is 0 Å². The Morgan fingerprint density at radius 2 is 1.81 bits per heavy atom. The fourth-order valence-electron chi connectivity index (χ4n) is 2.50. The largest absolute Gasteiger partial charge is 0.466 e. The van der Waals surface area contributed by atoms with Gasteiger partial charge >= 0.3 is 5.97 Å². The predicted octanol–water partition coefficient (Wildman–Crippen LogP) is 3.33. The fraction of sp³-hybridized carbons (Fsp3) is 0.263. The Labute approximate surface area is 151 Å². The molecule has 0 heterocycles. The number of nitro groups is 1. The molecule has 0 unspecified atom stereocenters. The lowest BCUT2D eigenvalue weighted by Crippen LogP contribution is -2.31. The minimum atomic E-state index is -0.651. The van der Waals surface area contributed by atoms with Crippen LogP contribution in [0.2, 0.25) is 0 Å². The summed E-state index contributed by atoms with van der Waals surface area (Å²) in [5, 5.41) is 13.8. The van der Waals surface area contributed by atoms with Crippen molar-refractivity contribution in [3.63, 3.8) is 0 Å². The first kappa shape index (κ1) is 19.1. The summed E-state index contributed by atoms with van der Waals surface area (Å²) in [5.74, 6) is -1.08. The molecule has 2 rings (SSSR count). The Kier molecular flexibility index (Phi) is 6.43. The SMILES string of the molecule is CCOC(=O)C[C@@H](NC(=O)c1ccccc1[N+](=O)[O-])c1ccc(C)cc1. The molecule has 1 N–H and O–H groups in total. The number of ether oxygens (including phenoxy) is 1. The number of carbonyl (C=O) groups excluding carboxylic acids is 2. The second-order valence-corrected chi connectivity index (χ2v) is 5.72. The van der Waals surface area contributed by atoms with Gasteiger partial charge in [0, 0.05) is 6.07 Å². The molecule has 0 aliphatic carbocycles. The second kappa shape index (κ2) is 8.75. The van der Waals surface area contributed by atoms with Gasteiger partial charge in [0.1, 0.15) is 5.56 Å². The fourth-order valence-corrected chi connectivity index (χ4v) is 2.50. The average Bonchev–Trinajstić information content (AvgIpc) is 2.62. The van der Waals surface area contributed by atoms with Gasteiger partial charge < -0.3 is 10.1 Å². The molecule has 0 radical (unpaired) electrons. The van der Waals surface area contributed by atoms with Gasteiger partial charge in [-0.2, -0.15) is 0 Å². The number of esters is 1. The van der Waals surface area contributed by atoms with Crippen LogP contribution < -0.4 is 5.32 Å². The number of carbonyl (C=O) groups is 2. The standard InChI is InChI=1S/C19H20N2O5/c1-3-26-18(22)12-16(14-10-8-13(2)9-11-14)20-19(23)15-6-4-5-7-17(15)21(24)25/h4-11,16H,3,12H2,1-2H3,(H,20,23)/t16-/m1/s1. The van der Waals surface area contributed by atoms with Crippen LogP contribution in [0.25, 0.3) is 0 Å². The van der Waals surface area contributed by atoms with Crippen molar-refractivity contribution in [2.24, 2.45) is 0 Å². The molecule has 0 fully saturated rings. The first-order valence-corrected chi connectivity index (χ1v) is 8.18. The topological polar surface area (TPSA) is 98.5 Å². The van der Waals surface area contributed by atoms with Crippen LogP contribution in [0.15, 0.2) is 48.5 Å². The molecule has 0 spiro atoms. The lowest BCUT2D eigenvalue weighted by molar-refractivity contribution is -0.385. The molecule has 136 valence electrons. The highest BCUT2D eigenvalue weighted by Gasteiger charge is 2.24. The molecule has 0 bridgehead atoms. The van der Waals surface area contributed by atoms with Crippen molar-refractivity contribution in [2.45, 2.75) is 26.3 Å². The van der Waals surface area contributed by atoms with Gasteiger partial charge in [0.2, 0.25) is 0 Å². The van der Waals surface area contributed by atoms with Crippen molar-refractivity contribution < 1.29 is 19.2 Å². The maximum atomic E-state index is 12.6. The zero-order chi connectivity index (χ0) is 19.1. The van der Waals surface area contributed by atoms with E-state index >= 15 is 0 Å². The lowest BCUT2D eigenvalue weighted by Gasteiger charge is -2.19. The Morgan fingerprint density at radius 1 is 1.15 bits per heavy atom. The van der Waals surface area contributed by atoms with Gasteiger partial charge in [0.15, 0.2) is 0 Å². The molecule has 1 atom stereocenters. The molecule has 0 saturated carbocycles. The molecular weight excluding hydrogens is 336 g/mol. The summed E-state index contributed by atoms with van der Waals surface area (Å²) >= 11 is 0. The Morgan fingerprint density at radius 3 is 2.42 bits per heavy atom. The van der Waals surface area contributed by atoms with Crippen molar-refractivity contribution in [3.05, 3.63) is 75.3 Å². The van der Waals surface area contributed by atoms with E-state index in [1.165, 1.54) is 18.2 Å². The molecular formula is C19H20N2O5. The summed E-state index contributed by atoms with van der Waals surface area (Å²) in [4.78, 5) is 35.0. The third-order valence-corrected chi connectivity index (χ3v) is 3.81. The minimum Gasteiger partial charge on any atom is -0.466 e. The Hall–Kier alpha value is -3.22. The van der Waals surface area contributed by atoms with Crippen LogP contribution in [-0.4, -0.2) is 23.4 Å². The van der Waals surface area contributed by atoms with Crippen LogP contribution in [0.4, 0.5) is 5.69 Å². The van der Waals surface area contributed by atoms with Crippen LogP contribution in [0, 0.1) is 17.0 Å². The van der Waals surface area contributed by atoms with Crippen molar-refractivity contribution in [1.82, 2.24) is 5.32 Å². The van der Waals surface area contributed by atoms with Crippen molar-refractivity contribution in [1.29, 1.82) is 0 Å². The van der Waals surface area contributed by atoms with E-state index in [4.69, 9.17) is 4.74 Å². The zero-order valence-corrected chi connectivity index (χ0v) is 14.6. The van der Waals surface area contributed by atoms with Gasteiger partial charge in [-0.3, -0.25) is 19.7 Å². The van der Waals surface area contributed by atoms with Crippen LogP contribution in [0.5, 0.6) is 0 Å². The molecule has 0 aliphatic heterocycles. The van der Waals surface area contributed by atoms with Gasteiger partial charge in [0.25, 0.3) is 11.6 Å². The number of amides is 1. The summed E-state index contributed by atoms with van der Waals surface area (Å²) in [6, 6.07) is 12.4. The number of benzene rings is 2. The van der Waals surface area contributed by atoms with Gasteiger partial charge in [-0.25, -0.2) is 0 Å². The highest BCUT2D eigenvalue weighted by molar-refractivity contribution is 5.98. The Balaban J connectivity index is 2.28. The number of aryl methyl sites for hydroxylation is 1. The molecule has 0 aromatic heterocycles. The molecule has 2 aromatic carbocycles. The summed E-state index contributed by atoms with van der Waals surface area (Å²) in [6.07, 6.45) is -0.0662. The Bertz CT molecular complexity index is 802. The normalized spacial score (nSPS) is 11.5. The maximum Gasteiger partial charge on any atom is 0.308 e. The predicted molar refractivity (Wildman–Crippen MR) is 95.7 cm³/mol. The molecule has 1 amide bonds. The zero-order valence-electron chi connectivity index (χ0n) is 14.6. The third kappa shape index (κ3) is 4.89. The summed E-state index contributed by atoms with van der Waals surface area (Å²) < 4.78 is 4.97. The maximum absolute atomic E-state index is 12.6. The van der Waals surface area contributed by atoms with Gasteiger partial charge in [0.05, 0.1) is 24.0 Å². The van der Waals surface area contributed by atoms with Gasteiger partial charge in [-0.15, -0.1) is 0 Å². The molecule has 0 saturated heterocycles. The smallest absolute Gasteiger partial charge is 0.308 e. The van der Waals surface area contributed by atoms with Crippen LogP contribution in [-0.2, 0) is 9.53 Å². The lowest BCUT2D eigenvalue weighted by atomic mass is 10.0. The summed E-state index contributed by atoms with van der Waals surface area (Å²) in [7, 11) is 0. The number of nitro benzene ring substituents is 1. The number of nitrogens with one attached hydrogen (secondary N) is 1. The number of hydrogen-bond donors (Lipinski definition) is 1. The van der Waals surface area contributed by atoms with Gasteiger partial charge in [-0.05, 0) is 25.5 Å². The molecule has 7 heteroatoms. The van der Waals surface area contributed by atoms with Crippen molar-refractivity contribution in [2.75, 3.05) is 6.61 Å². The number of nitrogens with zero attached hydrogens (tertiary/aromatic N) is 1. The van der Waals surface area contributed by atoms with Crippen LogP contribution >= 0.6 is 0 Å². The molecule has 2 aromatic rings. The highest BCUT2D eigenvalue weighted by Crippen LogP contribution is 2.22.